The second kappa shape index (κ2) is 4.71. The summed E-state index contributed by atoms with van der Waals surface area (Å²) >= 11 is 6.02. The van der Waals surface area contributed by atoms with Crippen LogP contribution in [-0.4, -0.2) is 14.8 Å². The first-order valence-electron chi connectivity index (χ1n) is 5.84. The highest BCUT2D eigenvalue weighted by atomic mass is 35.5. The minimum Gasteiger partial charge on any atom is -0.324 e. The highest BCUT2D eigenvalue weighted by Gasteiger charge is 2.23. The second-order valence-electron chi connectivity index (χ2n) is 5.16. The van der Waals surface area contributed by atoms with Gasteiger partial charge in [-0.2, -0.15) is 0 Å². The minimum atomic E-state index is -0.129. The fourth-order valence-electron chi connectivity index (χ4n) is 1.97. The summed E-state index contributed by atoms with van der Waals surface area (Å²) in [6.07, 6.45) is 0. The van der Waals surface area contributed by atoms with Crippen molar-refractivity contribution in [2.45, 2.75) is 32.9 Å². The largest absolute Gasteiger partial charge is 0.324 e. The van der Waals surface area contributed by atoms with Crippen molar-refractivity contribution in [1.82, 2.24) is 14.8 Å². The lowest BCUT2D eigenvalue weighted by Gasteiger charge is -2.24. The van der Waals surface area contributed by atoms with E-state index in [9.17, 15) is 0 Å². The van der Waals surface area contributed by atoms with E-state index in [-0.39, 0.29) is 5.54 Å². The average Bonchev–Trinajstić information content (AvgIpc) is 2.72. The van der Waals surface area contributed by atoms with Gasteiger partial charge in [-0.25, -0.2) is 0 Å². The molecule has 2 rings (SSSR count). The Morgan fingerprint density at radius 3 is 2.56 bits per heavy atom. The molecule has 0 aliphatic carbocycles. The van der Waals surface area contributed by atoms with Gasteiger partial charge in [-0.1, -0.05) is 23.7 Å². The molecule has 0 fully saturated rings. The van der Waals surface area contributed by atoms with Crippen molar-refractivity contribution in [3.05, 3.63) is 35.1 Å². The van der Waals surface area contributed by atoms with Gasteiger partial charge in [0.15, 0.2) is 5.82 Å². The first-order valence-corrected chi connectivity index (χ1v) is 6.22. The zero-order chi connectivity index (χ0) is 13.3. The third-order valence-electron chi connectivity index (χ3n) is 2.67. The second-order valence-corrected chi connectivity index (χ2v) is 5.60. The van der Waals surface area contributed by atoms with Crippen LogP contribution < -0.4 is 5.73 Å². The number of benzene rings is 1. The molecule has 1 aromatic heterocycles. The van der Waals surface area contributed by atoms with E-state index in [0.29, 0.717) is 11.6 Å². The maximum atomic E-state index is 6.02. The van der Waals surface area contributed by atoms with Crippen LogP contribution in [0.3, 0.4) is 0 Å². The quantitative estimate of drug-likeness (QED) is 0.907. The van der Waals surface area contributed by atoms with Crippen LogP contribution in [-0.2, 0) is 12.1 Å². The van der Waals surface area contributed by atoms with E-state index in [1.54, 1.807) is 0 Å². The number of aromatic nitrogens is 3. The van der Waals surface area contributed by atoms with Crippen LogP contribution in [0.25, 0.3) is 11.4 Å². The van der Waals surface area contributed by atoms with Crippen LogP contribution >= 0.6 is 11.6 Å². The Labute approximate surface area is 112 Å². The summed E-state index contributed by atoms with van der Waals surface area (Å²) in [5.74, 6) is 1.57. The molecule has 0 aliphatic heterocycles. The number of halogens is 1. The van der Waals surface area contributed by atoms with E-state index in [1.807, 2.05) is 24.3 Å². The van der Waals surface area contributed by atoms with Crippen molar-refractivity contribution in [2.75, 3.05) is 0 Å². The van der Waals surface area contributed by atoms with Gasteiger partial charge in [0.1, 0.15) is 5.82 Å². The van der Waals surface area contributed by atoms with Gasteiger partial charge in [0.05, 0.1) is 6.54 Å². The maximum Gasteiger partial charge on any atom is 0.164 e. The van der Waals surface area contributed by atoms with Gasteiger partial charge < -0.3 is 10.3 Å². The molecule has 0 atom stereocenters. The van der Waals surface area contributed by atoms with Crippen molar-refractivity contribution in [2.24, 2.45) is 5.73 Å². The molecule has 5 heteroatoms. The van der Waals surface area contributed by atoms with Crippen molar-refractivity contribution in [3.63, 3.8) is 0 Å². The molecule has 96 valence electrons. The van der Waals surface area contributed by atoms with Gasteiger partial charge in [-0.15, -0.1) is 10.2 Å². The molecular formula is C13H17ClN4. The molecule has 2 aromatic rings. The molecule has 0 bridgehead atoms. The van der Waals surface area contributed by atoms with Crippen LogP contribution in [0.5, 0.6) is 0 Å². The van der Waals surface area contributed by atoms with Crippen LogP contribution in [0.2, 0.25) is 5.02 Å². The molecule has 0 aliphatic rings. The minimum absolute atomic E-state index is 0.129. The monoisotopic (exact) mass is 264 g/mol. The lowest BCUT2D eigenvalue weighted by molar-refractivity contribution is 0.386. The smallest absolute Gasteiger partial charge is 0.164 e. The van der Waals surface area contributed by atoms with Crippen LogP contribution in [0.4, 0.5) is 0 Å². The molecule has 2 N–H and O–H groups in total. The molecule has 0 saturated carbocycles. The van der Waals surface area contributed by atoms with E-state index in [1.165, 1.54) is 0 Å². The SMILES string of the molecule is CC(C)(C)n1c(CN)nnc1-c1cccc(Cl)c1. The third-order valence-corrected chi connectivity index (χ3v) is 2.90. The summed E-state index contributed by atoms with van der Waals surface area (Å²) in [7, 11) is 0. The number of hydrogen-bond acceptors (Lipinski definition) is 3. The zero-order valence-corrected chi connectivity index (χ0v) is 11.6. The van der Waals surface area contributed by atoms with Crippen LogP contribution in [0.15, 0.2) is 24.3 Å². The van der Waals surface area contributed by atoms with Crippen LogP contribution in [0.1, 0.15) is 26.6 Å². The highest BCUT2D eigenvalue weighted by molar-refractivity contribution is 6.30. The predicted octanol–water partition coefficient (Wildman–Crippen LogP) is 2.81. The highest BCUT2D eigenvalue weighted by Crippen LogP contribution is 2.27. The first-order chi connectivity index (χ1) is 8.43. The van der Waals surface area contributed by atoms with Gasteiger partial charge in [0, 0.05) is 16.1 Å². The van der Waals surface area contributed by atoms with Crippen LogP contribution in [0, 0.1) is 0 Å². The maximum absolute atomic E-state index is 6.02. The normalized spacial score (nSPS) is 11.8. The Bertz CT molecular complexity index is 554. The molecule has 0 radical (unpaired) electrons. The van der Waals surface area contributed by atoms with Crippen molar-refractivity contribution in [1.29, 1.82) is 0 Å². The molecule has 1 heterocycles. The molecule has 18 heavy (non-hydrogen) atoms. The molecule has 0 spiro atoms. The summed E-state index contributed by atoms with van der Waals surface area (Å²) in [4.78, 5) is 0. The Kier molecular flexibility index (Phi) is 3.41. The van der Waals surface area contributed by atoms with Gasteiger partial charge in [-0.05, 0) is 32.9 Å². The van der Waals surface area contributed by atoms with Crippen molar-refractivity contribution < 1.29 is 0 Å². The molecule has 4 nitrogen and oxygen atoms in total. The first kappa shape index (κ1) is 13.1. The summed E-state index contributed by atoms with van der Waals surface area (Å²) in [5.41, 5.74) is 6.54. The zero-order valence-electron chi connectivity index (χ0n) is 10.8. The number of nitrogens with zero attached hydrogens (tertiary/aromatic N) is 3. The Hall–Kier alpha value is -1.39. The van der Waals surface area contributed by atoms with E-state index in [2.05, 4.69) is 35.5 Å². The molecule has 0 amide bonds. The molecule has 0 saturated heterocycles. The number of nitrogens with two attached hydrogens (primary N) is 1. The van der Waals surface area contributed by atoms with Crippen molar-refractivity contribution in [3.8, 4) is 11.4 Å². The summed E-state index contributed by atoms with van der Waals surface area (Å²) in [5, 5.41) is 9.08. The Morgan fingerprint density at radius 2 is 2.00 bits per heavy atom. The lowest BCUT2D eigenvalue weighted by Crippen LogP contribution is -2.26. The van der Waals surface area contributed by atoms with Crippen molar-refractivity contribution >= 4 is 11.6 Å². The number of hydrogen-bond donors (Lipinski definition) is 1. The van der Waals surface area contributed by atoms with E-state index >= 15 is 0 Å². The van der Waals surface area contributed by atoms with E-state index in [0.717, 1.165) is 17.2 Å². The molecule has 1 aromatic carbocycles. The fraction of sp³-hybridized carbons (Fsp3) is 0.385. The third kappa shape index (κ3) is 2.40. The average molecular weight is 265 g/mol. The molecule has 0 unspecified atom stereocenters. The summed E-state index contributed by atoms with van der Waals surface area (Å²) in [6, 6.07) is 7.60. The predicted molar refractivity (Wildman–Crippen MR) is 73.4 cm³/mol. The van der Waals surface area contributed by atoms with Gasteiger partial charge in [0.25, 0.3) is 0 Å². The van der Waals surface area contributed by atoms with Gasteiger partial charge >= 0.3 is 0 Å². The topological polar surface area (TPSA) is 56.7 Å². The summed E-state index contributed by atoms with van der Waals surface area (Å²) < 4.78 is 2.05. The number of rotatable bonds is 2. The fourth-order valence-corrected chi connectivity index (χ4v) is 2.16. The Morgan fingerprint density at radius 1 is 1.28 bits per heavy atom. The summed E-state index contributed by atoms with van der Waals surface area (Å²) in [6.45, 7) is 6.67. The molecular weight excluding hydrogens is 248 g/mol. The van der Waals surface area contributed by atoms with E-state index in [4.69, 9.17) is 17.3 Å². The van der Waals surface area contributed by atoms with Gasteiger partial charge in [0.2, 0.25) is 0 Å². The van der Waals surface area contributed by atoms with Gasteiger partial charge in [-0.3, -0.25) is 0 Å². The van der Waals surface area contributed by atoms with E-state index < -0.39 is 0 Å². The Balaban J connectivity index is 2.62. The standard InChI is InChI=1S/C13H17ClN4/c1-13(2,3)18-11(8-15)16-17-12(18)9-5-4-6-10(14)7-9/h4-7H,8,15H2,1-3H3. The lowest BCUT2D eigenvalue weighted by atomic mass is 10.1.